The Morgan fingerprint density at radius 3 is 3.00 bits per heavy atom. The maximum Gasteiger partial charge on any atom is 0.262 e. The Labute approximate surface area is 129 Å². The Kier molecular flexibility index (Phi) is 5.22. The number of rotatable bonds is 5. The summed E-state index contributed by atoms with van der Waals surface area (Å²) in [7, 11) is 0. The molecule has 0 amide bonds. The van der Waals surface area contributed by atoms with Gasteiger partial charge in [0.1, 0.15) is 17.9 Å². The van der Waals surface area contributed by atoms with Gasteiger partial charge in [-0.3, -0.25) is 0 Å². The fourth-order valence-electron chi connectivity index (χ4n) is 1.61. The standard InChI is InChI=1S/C15H16N4OS/c1-3-7-16-15(21)20-13-6-4-5-12(9-13)19-14-8-11(2)17-10-18-14/h3-6,8-10H,1,7H2,2H3,(H,16,21)(H,17,18,19). The van der Waals surface area contributed by atoms with E-state index in [0.717, 1.165) is 17.2 Å². The van der Waals surface area contributed by atoms with Crippen molar-refractivity contribution in [3.05, 3.63) is 55.0 Å². The van der Waals surface area contributed by atoms with Gasteiger partial charge in [0.15, 0.2) is 0 Å². The second-order valence-corrected chi connectivity index (χ2v) is 4.63. The fourth-order valence-corrected chi connectivity index (χ4v) is 1.79. The first-order chi connectivity index (χ1) is 10.2. The molecule has 1 aromatic heterocycles. The second kappa shape index (κ2) is 7.35. The van der Waals surface area contributed by atoms with E-state index in [9.17, 15) is 0 Å². The monoisotopic (exact) mass is 300 g/mol. The summed E-state index contributed by atoms with van der Waals surface area (Å²) < 4.78 is 5.52. The molecule has 0 aliphatic carbocycles. The molecule has 2 rings (SSSR count). The van der Waals surface area contributed by atoms with Gasteiger partial charge in [-0.1, -0.05) is 12.1 Å². The number of ether oxygens (including phenoxy) is 1. The Morgan fingerprint density at radius 2 is 2.24 bits per heavy atom. The lowest BCUT2D eigenvalue weighted by molar-refractivity contribution is 0.538. The van der Waals surface area contributed by atoms with E-state index in [0.29, 0.717) is 17.5 Å². The third-order valence-electron chi connectivity index (χ3n) is 2.51. The molecule has 0 aliphatic rings. The molecule has 0 aliphatic heterocycles. The van der Waals surface area contributed by atoms with Crippen molar-refractivity contribution in [1.29, 1.82) is 0 Å². The first kappa shape index (κ1) is 14.9. The predicted molar refractivity (Wildman–Crippen MR) is 87.9 cm³/mol. The average molecular weight is 300 g/mol. The number of anilines is 2. The normalized spacial score (nSPS) is 9.76. The van der Waals surface area contributed by atoms with Gasteiger partial charge in [-0.25, -0.2) is 9.97 Å². The van der Waals surface area contributed by atoms with Crippen LogP contribution in [0.4, 0.5) is 11.5 Å². The number of thiocarbonyl (C=S) groups is 1. The van der Waals surface area contributed by atoms with Gasteiger partial charge < -0.3 is 15.4 Å². The lowest BCUT2D eigenvalue weighted by Crippen LogP contribution is -2.26. The van der Waals surface area contributed by atoms with Crippen LogP contribution in [0.3, 0.4) is 0 Å². The van der Waals surface area contributed by atoms with Gasteiger partial charge >= 0.3 is 0 Å². The molecule has 108 valence electrons. The zero-order valence-corrected chi connectivity index (χ0v) is 12.5. The predicted octanol–water partition coefficient (Wildman–Crippen LogP) is 2.97. The summed E-state index contributed by atoms with van der Waals surface area (Å²) in [5.74, 6) is 1.37. The van der Waals surface area contributed by atoms with Gasteiger partial charge in [-0.05, 0) is 31.3 Å². The van der Waals surface area contributed by atoms with Crippen LogP contribution in [0.15, 0.2) is 49.3 Å². The first-order valence-corrected chi connectivity index (χ1v) is 6.80. The third-order valence-corrected chi connectivity index (χ3v) is 2.74. The molecular weight excluding hydrogens is 284 g/mol. The molecule has 1 heterocycles. The molecule has 5 nitrogen and oxygen atoms in total. The summed E-state index contributed by atoms with van der Waals surface area (Å²) >= 11 is 5.07. The average Bonchev–Trinajstić information content (AvgIpc) is 2.45. The van der Waals surface area contributed by atoms with Crippen LogP contribution < -0.4 is 15.4 Å². The Hall–Kier alpha value is -2.47. The summed E-state index contributed by atoms with van der Waals surface area (Å²) in [4.78, 5) is 8.21. The van der Waals surface area contributed by atoms with Crippen molar-refractivity contribution in [3.63, 3.8) is 0 Å². The van der Waals surface area contributed by atoms with Gasteiger partial charge in [0.05, 0.1) is 0 Å². The van der Waals surface area contributed by atoms with Gasteiger partial charge in [0.25, 0.3) is 5.17 Å². The van der Waals surface area contributed by atoms with E-state index in [-0.39, 0.29) is 0 Å². The Balaban J connectivity index is 2.03. The summed E-state index contributed by atoms with van der Waals surface area (Å²) in [6.45, 7) is 6.09. The zero-order valence-electron chi connectivity index (χ0n) is 11.7. The van der Waals surface area contributed by atoms with E-state index in [1.54, 1.807) is 6.08 Å². The number of nitrogens with one attached hydrogen (secondary N) is 2. The lowest BCUT2D eigenvalue weighted by atomic mass is 10.3. The topological polar surface area (TPSA) is 59.1 Å². The van der Waals surface area contributed by atoms with Gasteiger partial charge in [-0.15, -0.1) is 6.58 Å². The number of hydrogen-bond donors (Lipinski definition) is 2. The number of hydrogen-bond acceptors (Lipinski definition) is 5. The molecule has 0 spiro atoms. The maximum absolute atomic E-state index is 5.52. The number of aryl methyl sites for hydroxylation is 1. The van der Waals surface area contributed by atoms with Crippen LogP contribution in [-0.4, -0.2) is 21.7 Å². The van der Waals surface area contributed by atoms with Crippen molar-refractivity contribution >= 4 is 28.9 Å². The van der Waals surface area contributed by atoms with Crippen molar-refractivity contribution in [2.45, 2.75) is 6.92 Å². The molecule has 1 aromatic carbocycles. The molecule has 0 fully saturated rings. The molecule has 0 bridgehead atoms. The quantitative estimate of drug-likeness (QED) is 0.654. The molecule has 21 heavy (non-hydrogen) atoms. The molecule has 2 aromatic rings. The smallest absolute Gasteiger partial charge is 0.262 e. The van der Waals surface area contributed by atoms with E-state index < -0.39 is 0 Å². The van der Waals surface area contributed by atoms with Crippen LogP contribution in [-0.2, 0) is 0 Å². The molecule has 2 N–H and O–H groups in total. The van der Waals surface area contributed by atoms with Crippen molar-refractivity contribution in [1.82, 2.24) is 15.3 Å². The van der Waals surface area contributed by atoms with Gasteiger partial charge in [-0.2, -0.15) is 0 Å². The highest BCUT2D eigenvalue weighted by Gasteiger charge is 2.02. The SMILES string of the molecule is C=CCNC(=S)Oc1cccc(Nc2cc(C)ncn2)c1. The molecule has 0 unspecified atom stereocenters. The number of aromatic nitrogens is 2. The van der Waals surface area contributed by atoms with Crippen LogP contribution in [0.1, 0.15) is 5.69 Å². The van der Waals surface area contributed by atoms with Crippen LogP contribution in [0, 0.1) is 6.92 Å². The van der Waals surface area contributed by atoms with Crippen molar-refractivity contribution in [2.24, 2.45) is 0 Å². The summed E-state index contributed by atoms with van der Waals surface area (Å²) in [6, 6.07) is 9.34. The Morgan fingerprint density at radius 1 is 1.38 bits per heavy atom. The summed E-state index contributed by atoms with van der Waals surface area (Å²) in [5.41, 5.74) is 1.76. The van der Waals surface area contributed by atoms with Gasteiger partial charge in [0.2, 0.25) is 0 Å². The molecule has 0 atom stereocenters. The first-order valence-electron chi connectivity index (χ1n) is 6.39. The van der Waals surface area contributed by atoms with Crippen molar-refractivity contribution in [2.75, 3.05) is 11.9 Å². The third kappa shape index (κ3) is 4.85. The minimum Gasteiger partial charge on any atom is -0.432 e. The van der Waals surface area contributed by atoms with Crippen molar-refractivity contribution in [3.8, 4) is 5.75 Å². The number of nitrogens with zero attached hydrogens (tertiary/aromatic N) is 2. The maximum atomic E-state index is 5.52. The van der Waals surface area contributed by atoms with E-state index >= 15 is 0 Å². The van der Waals surface area contributed by atoms with E-state index in [4.69, 9.17) is 17.0 Å². The largest absolute Gasteiger partial charge is 0.432 e. The minimum absolute atomic E-state index is 0.310. The fraction of sp³-hybridized carbons (Fsp3) is 0.133. The highest BCUT2D eigenvalue weighted by atomic mass is 32.1. The summed E-state index contributed by atoms with van der Waals surface area (Å²) in [6.07, 6.45) is 3.23. The van der Waals surface area contributed by atoms with E-state index in [1.807, 2.05) is 37.3 Å². The second-order valence-electron chi connectivity index (χ2n) is 4.26. The van der Waals surface area contributed by atoms with Crippen LogP contribution in [0.2, 0.25) is 0 Å². The molecular formula is C15H16N4OS. The zero-order chi connectivity index (χ0) is 15.1. The highest BCUT2D eigenvalue weighted by Crippen LogP contribution is 2.20. The van der Waals surface area contributed by atoms with E-state index in [1.165, 1.54) is 6.33 Å². The minimum atomic E-state index is 0.310. The van der Waals surface area contributed by atoms with E-state index in [2.05, 4.69) is 27.2 Å². The molecule has 0 saturated heterocycles. The Bertz CT molecular complexity index is 645. The molecule has 6 heteroatoms. The molecule has 0 saturated carbocycles. The lowest BCUT2D eigenvalue weighted by Gasteiger charge is -2.10. The highest BCUT2D eigenvalue weighted by molar-refractivity contribution is 7.80. The summed E-state index contributed by atoms with van der Waals surface area (Å²) in [5, 5.41) is 6.41. The van der Waals surface area contributed by atoms with Crippen LogP contribution in [0.25, 0.3) is 0 Å². The van der Waals surface area contributed by atoms with Crippen molar-refractivity contribution < 1.29 is 4.74 Å². The van der Waals surface area contributed by atoms with Crippen LogP contribution >= 0.6 is 12.2 Å². The van der Waals surface area contributed by atoms with Gasteiger partial charge in [0, 0.05) is 30.1 Å². The number of benzene rings is 1. The van der Waals surface area contributed by atoms with Crippen LogP contribution in [0.5, 0.6) is 5.75 Å². The molecule has 0 radical (unpaired) electrons.